The molecular weight excluding hydrogens is 262 g/mol. The summed E-state index contributed by atoms with van der Waals surface area (Å²) in [7, 11) is -3.29. The molecule has 1 rings (SSSR count). The highest BCUT2D eigenvalue weighted by atomic mass is 32.2. The molecule has 0 radical (unpaired) electrons. The maximum atomic E-state index is 11.8. The molecule has 0 heterocycles. The third-order valence-electron chi connectivity index (χ3n) is 2.58. The first-order valence-corrected chi connectivity index (χ1v) is 7.84. The molecule has 0 spiro atoms. The number of rotatable bonds is 5. The molecule has 0 aliphatic heterocycles. The van der Waals surface area contributed by atoms with Gasteiger partial charge >= 0.3 is 0 Å². The average Bonchev–Trinajstić information content (AvgIpc) is 2.37. The zero-order chi connectivity index (χ0) is 14.3. The number of unbranched alkanes of at least 4 members (excludes halogenated alkanes) is 1. The number of anilines is 1. The van der Waals surface area contributed by atoms with E-state index in [1.165, 1.54) is 0 Å². The molecule has 0 aliphatic carbocycles. The number of nitrogens with one attached hydrogen (secondary N) is 1. The number of sulfonamides is 1. The van der Waals surface area contributed by atoms with Gasteiger partial charge in [-0.05, 0) is 31.0 Å². The predicted octanol–water partition coefficient (Wildman–Crippen LogP) is 1.88. The largest absolute Gasteiger partial charge is 0.384 e. The second-order valence-corrected chi connectivity index (χ2v) is 6.11. The van der Waals surface area contributed by atoms with Gasteiger partial charge in [0.15, 0.2) is 0 Å². The van der Waals surface area contributed by atoms with Gasteiger partial charge in [0.1, 0.15) is 6.61 Å². The lowest BCUT2D eigenvalue weighted by Gasteiger charge is -2.09. The SMILES string of the molecule is CCCCS(=O)(=O)Nc1ccc(C)c(C#CCO)c1. The lowest BCUT2D eigenvalue weighted by molar-refractivity contribution is 0.350. The van der Waals surface area contributed by atoms with Crippen LogP contribution in [0.15, 0.2) is 18.2 Å². The van der Waals surface area contributed by atoms with Crippen LogP contribution < -0.4 is 4.72 Å². The minimum Gasteiger partial charge on any atom is -0.384 e. The fraction of sp³-hybridized carbons (Fsp3) is 0.429. The van der Waals surface area contributed by atoms with Crippen LogP contribution in [0.5, 0.6) is 0 Å². The van der Waals surface area contributed by atoms with Crippen molar-refractivity contribution in [1.82, 2.24) is 0 Å². The van der Waals surface area contributed by atoms with Crippen molar-refractivity contribution in [3.05, 3.63) is 29.3 Å². The second-order valence-electron chi connectivity index (χ2n) is 4.26. The zero-order valence-electron chi connectivity index (χ0n) is 11.2. The fourth-order valence-corrected chi connectivity index (χ4v) is 2.78. The van der Waals surface area contributed by atoms with E-state index in [0.717, 1.165) is 12.0 Å². The Morgan fingerprint density at radius 1 is 1.37 bits per heavy atom. The number of hydrogen-bond donors (Lipinski definition) is 2. The Morgan fingerprint density at radius 2 is 2.11 bits per heavy atom. The van der Waals surface area contributed by atoms with E-state index in [9.17, 15) is 8.42 Å². The van der Waals surface area contributed by atoms with Crippen LogP contribution in [0.25, 0.3) is 0 Å². The lowest BCUT2D eigenvalue weighted by Crippen LogP contribution is -2.16. The minimum absolute atomic E-state index is 0.120. The summed E-state index contributed by atoms with van der Waals surface area (Å²) in [5, 5.41) is 8.69. The number of aliphatic hydroxyl groups is 1. The molecule has 4 nitrogen and oxygen atoms in total. The molecule has 0 atom stereocenters. The van der Waals surface area contributed by atoms with E-state index >= 15 is 0 Å². The summed E-state index contributed by atoms with van der Waals surface area (Å²) in [5.74, 6) is 5.48. The Labute approximate surface area is 114 Å². The zero-order valence-corrected chi connectivity index (χ0v) is 12.0. The van der Waals surface area contributed by atoms with Gasteiger partial charge in [-0.1, -0.05) is 31.3 Å². The van der Waals surface area contributed by atoms with Gasteiger partial charge in [-0.3, -0.25) is 4.72 Å². The van der Waals surface area contributed by atoms with Crippen LogP contribution in [-0.2, 0) is 10.0 Å². The van der Waals surface area contributed by atoms with E-state index in [2.05, 4.69) is 16.6 Å². The summed E-state index contributed by atoms with van der Waals surface area (Å²) < 4.78 is 26.1. The lowest BCUT2D eigenvalue weighted by atomic mass is 10.1. The molecule has 0 saturated heterocycles. The Bertz CT molecular complexity index is 582. The first-order valence-electron chi connectivity index (χ1n) is 6.19. The highest BCUT2D eigenvalue weighted by molar-refractivity contribution is 7.92. The maximum absolute atomic E-state index is 11.8. The molecule has 0 unspecified atom stereocenters. The predicted molar refractivity (Wildman–Crippen MR) is 77.5 cm³/mol. The van der Waals surface area contributed by atoms with Gasteiger partial charge in [-0.2, -0.15) is 0 Å². The normalized spacial score (nSPS) is 10.7. The van der Waals surface area contributed by atoms with Crippen LogP contribution in [0.1, 0.15) is 30.9 Å². The molecule has 19 heavy (non-hydrogen) atoms. The van der Waals surface area contributed by atoms with Gasteiger partial charge in [-0.25, -0.2) is 8.42 Å². The molecule has 5 heteroatoms. The highest BCUT2D eigenvalue weighted by Gasteiger charge is 2.10. The van der Waals surface area contributed by atoms with Gasteiger partial charge in [0.25, 0.3) is 0 Å². The smallest absolute Gasteiger partial charge is 0.232 e. The van der Waals surface area contributed by atoms with Gasteiger partial charge in [0.05, 0.1) is 5.75 Å². The molecule has 104 valence electrons. The van der Waals surface area contributed by atoms with Crippen molar-refractivity contribution in [2.75, 3.05) is 17.1 Å². The molecule has 2 N–H and O–H groups in total. The van der Waals surface area contributed by atoms with Crippen LogP contribution >= 0.6 is 0 Å². The first-order chi connectivity index (χ1) is 8.98. The molecule has 0 bridgehead atoms. The van der Waals surface area contributed by atoms with Gasteiger partial charge in [0.2, 0.25) is 10.0 Å². The van der Waals surface area contributed by atoms with Crippen LogP contribution in [0, 0.1) is 18.8 Å². The Kier molecular flexibility index (Phi) is 5.87. The summed E-state index contributed by atoms with van der Waals surface area (Å²) in [6.07, 6.45) is 1.47. The topological polar surface area (TPSA) is 66.4 Å². The summed E-state index contributed by atoms with van der Waals surface area (Å²) in [5.41, 5.74) is 2.16. The van der Waals surface area contributed by atoms with Gasteiger partial charge in [-0.15, -0.1) is 0 Å². The van der Waals surface area contributed by atoms with E-state index in [1.807, 2.05) is 13.8 Å². The van der Waals surface area contributed by atoms with E-state index < -0.39 is 10.0 Å². The number of aryl methyl sites for hydroxylation is 1. The summed E-state index contributed by atoms with van der Waals surface area (Å²) in [4.78, 5) is 0. The van der Waals surface area contributed by atoms with Gasteiger partial charge in [0, 0.05) is 11.3 Å². The van der Waals surface area contributed by atoms with E-state index in [4.69, 9.17) is 5.11 Å². The quantitative estimate of drug-likeness (QED) is 0.810. The highest BCUT2D eigenvalue weighted by Crippen LogP contribution is 2.16. The molecule has 0 aliphatic rings. The van der Waals surface area contributed by atoms with Crippen molar-refractivity contribution in [2.24, 2.45) is 0 Å². The van der Waals surface area contributed by atoms with Crippen molar-refractivity contribution >= 4 is 15.7 Å². The molecule has 1 aromatic rings. The van der Waals surface area contributed by atoms with Crippen molar-refractivity contribution in [3.63, 3.8) is 0 Å². The van der Waals surface area contributed by atoms with Crippen LogP contribution in [0.2, 0.25) is 0 Å². The van der Waals surface area contributed by atoms with E-state index in [-0.39, 0.29) is 12.4 Å². The first kappa shape index (κ1) is 15.5. The van der Waals surface area contributed by atoms with Crippen LogP contribution in [-0.4, -0.2) is 25.9 Å². The molecule has 1 aromatic carbocycles. The number of benzene rings is 1. The maximum Gasteiger partial charge on any atom is 0.232 e. The summed E-state index contributed by atoms with van der Waals surface area (Å²) in [6.45, 7) is 3.62. The Hall–Kier alpha value is -1.51. The number of hydrogen-bond acceptors (Lipinski definition) is 3. The monoisotopic (exact) mass is 281 g/mol. The van der Waals surface area contributed by atoms with Crippen LogP contribution in [0.4, 0.5) is 5.69 Å². The van der Waals surface area contributed by atoms with Crippen molar-refractivity contribution in [1.29, 1.82) is 0 Å². The van der Waals surface area contributed by atoms with E-state index in [1.54, 1.807) is 18.2 Å². The third-order valence-corrected chi connectivity index (χ3v) is 3.95. The van der Waals surface area contributed by atoms with E-state index in [0.29, 0.717) is 17.7 Å². The Morgan fingerprint density at radius 3 is 2.74 bits per heavy atom. The molecular formula is C14H19NO3S. The average molecular weight is 281 g/mol. The second kappa shape index (κ2) is 7.17. The van der Waals surface area contributed by atoms with Crippen molar-refractivity contribution < 1.29 is 13.5 Å². The fourth-order valence-electron chi connectivity index (χ4n) is 1.52. The van der Waals surface area contributed by atoms with Crippen molar-refractivity contribution in [3.8, 4) is 11.8 Å². The summed E-state index contributed by atoms with van der Waals surface area (Å²) in [6, 6.07) is 5.20. The Balaban J connectivity index is 2.91. The molecule has 0 aromatic heterocycles. The molecule has 0 amide bonds. The minimum atomic E-state index is -3.29. The molecule has 0 saturated carbocycles. The van der Waals surface area contributed by atoms with Gasteiger partial charge < -0.3 is 5.11 Å². The third kappa shape index (κ3) is 5.33. The standard InChI is InChI=1S/C14H19NO3S/c1-3-4-10-19(17,18)15-14-8-7-12(2)13(11-14)6-5-9-16/h7-8,11,15-16H,3-4,9-10H2,1-2H3. The number of aliphatic hydroxyl groups excluding tert-OH is 1. The summed E-state index contributed by atoms with van der Waals surface area (Å²) >= 11 is 0. The van der Waals surface area contributed by atoms with Crippen molar-refractivity contribution in [2.45, 2.75) is 26.7 Å². The van der Waals surface area contributed by atoms with Crippen LogP contribution in [0.3, 0.4) is 0 Å². The molecule has 0 fully saturated rings.